The minimum absolute atomic E-state index is 0.0413. The molecule has 0 bridgehead atoms. The lowest BCUT2D eigenvalue weighted by Crippen LogP contribution is -2.28. The van der Waals surface area contributed by atoms with E-state index in [4.69, 9.17) is 0 Å². The Morgan fingerprint density at radius 3 is 2.91 bits per heavy atom. The molecule has 0 spiro atoms. The molecule has 0 aromatic carbocycles. The molecule has 23 heavy (non-hydrogen) atoms. The minimum atomic E-state index is 0.0413. The molecule has 6 heteroatoms. The average Bonchev–Trinajstić information content (AvgIpc) is 2.99. The highest BCUT2D eigenvalue weighted by molar-refractivity contribution is 5.74. The number of hydrogen-bond donors (Lipinski definition) is 1. The summed E-state index contributed by atoms with van der Waals surface area (Å²) in [5.41, 5.74) is 1.94. The average molecular weight is 311 g/mol. The first-order valence-corrected chi connectivity index (χ1v) is 7.86. The molecule has 1 saturated heterocycles. The zero-order valence-electron chi connectivity index (χ0n) is 13.7. The van der Waals surface area contributed by atoms with Crippen molar-refractivity contribution < 1.29 is 4.79 Å². The molecular weight excluding hydrogens is 290 g/mol. The number of pyridine rings is 1. The maximum atomic E-state index is 11.8. The van der Waals surface area contributed by atoms with E-state index in [1.54, 1.807) is 13.1 Å². The van der Waals surface area contributed by atoms with Crippen LogP contribution in [0.4, 0.5) is 11.6 Å². The number of nitrogens with one attached hydrogen (secondary N) is 1. The van der Waals surface area contributed by atoms with Crippen LogP contribution in [0.15, 0.2) is 24.4 Å². The number of carbonyl (C=O) groups is 1. The Labute approximate surface area is 136 Å². The summed E-state index contributed by atoms with van der Waals surface area (Å²) in [6.45, 7) is 6.28. The molecule has 1 fully saturated rings. The number of aromatic nitrogens is 3. The fraction of sp³-hybridized carbons (Fsp3) is 0.412. The lowest BCUT2D eigenvalue weighted by molar-refractivity contribution is -0.129. The van der Waals surface area contributed by atoms with Crippen molar-refractivity contribution in [3.63, 3.8) is 0 Å². The first kappa shape index (κ1) is 15.4. The van der Waals surface area contributed by atoms with Gasteiger partial charge in [0.1, 0.15) is 17.5 Å². The molecule has 0 radical (unpaired) electrons. The molecule has 1 aliphatic rings. The summed E-state index contributed by atoms with van der Waals surface area (Å²) in [7, 11) is 0. The van der Waals surface area contributed by atoms with Crippen LogP contribution in [0.2, 0.25) is 0 Å². The van der Waals surface area contributed by atoms with E-state index < -0.39 is 0 Å². The van der Waals surface area contributed by atoms with E-state index in [2.05, 4.69) is 20.3 Å². The molecule has 2 aromatic rings. The third-order valence-corrected chi connectivity index (χ3v) is 4.11. The third-order valence-electron chi connectivity index (χ3n) is 4.11. The van der Waals surface area contributed by atoms with Gasteiger partial charge in [-0.2, -0.15) is 0 Å². The minimum Gasteiger partial charge on any atom is -0.334 e. The summed E-state index contributed by atoms with van der Waals surface area (Å²) >= 11 is 0. The molecule has 1 atom stereocenters. The van der Waals surface area contributed by atoms with Gasteiger partial charge in [0.15, 0.2) is 0 Å². The number of nitrogens with zero attached hydrogens (tertiary/aromatic N) is 4. The zero-order valence-corrected chi connectivity index (χ0v) is 13.7. The molecule has 1 N–H and O–H groups in total. The Kier molecular flexibility index (Phi) is 4.23. The number of rotatable bonds is 3. The second kappa shape index (κ2) is 6.32. The van der Waals surface area contributed by atoms with Gasteiger partial charge in [-0.3, -0.25) is 4.79 Å². The van der Waals surface area contributed by atoms with Gasteiger partial charge < -0.3 is 10.2 Å². The molecule has 0 unspecified atom stereocenters. The van der Waals surface area contributed by atoms with Crippen molar-refractivity contribution >= 4 is 17.5 Å². The largest absolute Gasteiger partial charge is 0.334 e. The molecular formula is C17H21N5O. The normalized spacial score (nSPS) is 17.3. The van der Waals surface area contributed by atoms with E-state index in [1.807, 2.05) is 36.9 Å². The number of likely N-dealkylation sites (tertiary alicyclic amines) is 1. The highest BCUT2D eigenvalue weighted by Crippen LogP contribution is 2.32. The van der Waals surface area contributed by atoms with E-state index in [0.29, 0.717) is 11.6 Å². The molecule has 1 aliphatic heterocycles. The van der Waals surface area contributed by atoms with Crippen LogP contribution in [0.25, 0.3) is 0 Å². The molecule has 3 heterocycles. The monoisotopic (exact) mass is 311 g/mol. The Morgan fingerprint density at radius 1 is 1.35 bits per heavy atom. The quantitative estimate of drug-likeness (QED) is 0.943. The zero-order chi connectivity index (χ0) is 16.4. The molecule has 3 rings (SSSR count). The maximum Gasteiger partial charge on any atom is 0.220 e. The number of anilines is 2. The van der Waals surface area contributed by atoms with Crippen LogP contribution in [0.5, 0.6) is 0 Å². The Morgan fingerprint density at radius 2 is 2.17 bits per heavy atom. The molecule has 120 valence electrons. The van der Waals surface area contributed by atoms with Gasteiger partial charge >= 0.3 is 0 Å². The second-order valence-electron chi connectivity index (χ2n) is 5.89. The topological polar surface area (TPSA) is 71.0 Å². The van der Waals surface area contributed by atoms with Gasteiger partial charge in [-0.15, -0.1) is 0 Å². The van der Waals surface area contributed by atoms with Crippen LogP contribution in [-0.4, -0.2) is 32.3 Å². The first-order valence-electron chi connectivity index (χ1n) is 7.86. The van der Waals surface area contributed by atoms with Gasteiger partial charge in [-0.05, 0) is 38.3 Å². The SMILES string of the molecule is CC(=O)N1CCC[C@@H]1c1cc(Nc2ncccc2C)nc(C)n1. The van der Waals surface area contributed by atoms with Crippen molar-refractivity contribution in [3.05, 3.63) is 41.5 Å². The predicted molar refractivity (Wildman–Crippen MR) is 88.4 cm³/mol. The number of amides is 1. The molecule has 2 aromatic heterocycles. The summed E-state index contributed by atoms with van der Waals surface area (Å²) in [5.74, 6) is 2.28. The van der Waals surface area contributed by atoms with E-state index >= 15 is 0 Å². The number of carbonyl (C=O) groups excluding carboxylic acids is 1. The van der Waals surface area contributed by atoms with Crippen LogP contribution in [0, 0.1) is 13.8 Å². The smallest absolute Gasteiger partial charge is 0.220 e. The summed E-state index contributed by atoms with van der Waals surface area (Å²) in [6.07, 6.45) is 3.70. The summed E-state index contributed by atoms with van der Waals surface area (Å²) < 4.78 is 0. The van der Waals surface area contributed by atoms with Crippen molar-refractivity contribution in [1.82, 2.24) is 19.9 Å². The van der Waals surface area contributed by atoms with Crippen LogP contribution in [0.3, 0.4) is 0 Å². The van der Waals surface area contributed by atoms with Crippen molar-refractivity contribution in [2.45, 2.75) is 39.7 Å². The highest BCUT2D eigenvalue weighted by Gasteiger charge is 2.29. The van der Waals surface area contributed by atoms with Gasteiger partial charge in [0.25, 0.3) is 0 Å². The van der Waals surface area contributed by atoms with Crippen molar-refractivity contribution in [2.75, 3.05) is 11.9 Å². The number of hydrogen-bond acceptors (Lipinski definition) is 5. The van der Waals surface area contributed by atoms with Crippen molar-refractivity contribution in [2.24, 2.45) is 0 Å². The lowest BCUT2D eigenvalue weighted by atomic mass is 10.1. The summed E-state index contributed by atoms with van der Waals surface area (Å²) in [4.78, 5) is 27.0. The second-order valence-corrected chi connectivity index (χ2v) is 5.89. The van der Waals surface area contributed by atoms with Gasteiger partial charge in [0, 0.05) is 25.7 Å². The van der Waals surface area contributed by atoms with Crippen LogP contribution in [-0.2, 0) is 4.79 Å². The maximum absolute atomic E-state index is 11.8. The Balaban J connectivity index is 1.90. The van der Waals surface area contributed by atoms with Crippen molar-refractivity contribution in [1.29, 1.82) is 0 Å². The third kappa shape index (κ3) is 3.31. The van der Waals surface area contributed by atoms with Gasteiger partial charge in [-0.1, -0.05) is 6.07 Å². The van der Waals surface area contributed by atoms with Crippen LogP contribution in [0.1, 0.15) is 42.9 Å². The standard InChI is InChI=1S/C17H21N5O/c1-11-6-4-8-18-17(11)21-16-10-14(19-12(2)20-16)15-7-5-9-22(15)13(3)23/h4,6,8,10,15H,5,7,9H2,1-3H3,(H,18,19,20,21)/t15-/m1/s1. The van der Waals surface area contributed by atoms with E-state index in [-0.39, 0.29) is 11.9 Å². The summed E-state index contributed by atoms with van der Waals surface area (Å²) in [6, 6.07) is 5.87. The first-order chi connectivity index (χ1) is 11.0. The van der Waals surface area contributed by atoms with Gasteiger partial charge in [0.05, 0.1) is 11.7 Å². The fourth-order valence-corrected chi connectivity index (χ4v) is 3.01. The Bertz CT molecular complexity index is 731. The van der Waals surface area contributed by atoms with Gasteiger partial charge in [0.2, 0.25) is 5.91 Å². The van der Waals surface area contributed by atoms with E-state index in [0.717, 1.165) is 36.5 Å². The molecule has 0 aliphatic carbocycles. The highest BCUT2D eigenvalue weighted by atomic mass is 16.2. The van der Waals surface area contributed by atoms with E-state index in [1.165, 1.54) is 0 Å². The fourth-order valence-electron chi connectivity index (χ4n) is 3.01. The van der Waals surface area contributed by atoms with Crippen LogP contribution >= 0.6 is 0 Å². The number of aryl methyl sites for hydroxylation is 2. The van der Waals surface area contributed by atoms with Crippen molar-refractivity contribution in [3.8, 4) is 0 Å². The lowest BCUT2D eigenvalue weighted by Gasteiger charge is -2.23. The Hall–Kier alpha value is -2.50. The summed E-state index contributed by atoms with van der Waals surface area (Å²) in [5, 5.41) is 3.26. The van der Waals surface area contributed by atoms with Gasteiger partial charge in [-0.25, -0.2) is 15.0 Å². The molecule has 0 saturated carbocycles. The predicted octanol–water partition coefficient (Wildman–Crippen LogP) is 2.92. The van der Waals surface area contributed by atoms with E-state index in [9.17, 15) is 4.79 Å². The van der Waals surface area contributed by atoms with Crippen LogP contribution < -0.4 is 5.32 Å². The molecule has 1 amide bonds. The molecule has 6 nitrogen and oxygen atoms in total.